The summed E-state index contributed by atoms with van der Waals surface area (Å²) >= 11 is 5.90. The lowest BCUT2D eigenvalue weighted by molar-refractivity contribution is -0.125. The van der Waals surface area contributed by atoms with Crippen molar-refractivity contribution < 1.29 is 13.2 Å². The summed E-state index contributed by atoms with van der Waals surface area (Å²) in [5, 5.41) is 0.521. The fourth-order valence-electron chi connectivity index (χ4n) is 3.05. The van der Waals surface area contributed by atoms with Crippen LogP contribution in [0, 0.1) is 0 Å². The van der Waals surface area contributed by atoms with Gasteiger partial charge in [0.25, 0.3) is 0 Å². The molecule has 0 radical (unpaired) electrons. The van der Waals surface area contributed by atoms with Gasteiger partial charge in [0, 0.05) is 24.5 Å². The van der Waals surface area contributed by atoms with E-state index in [0.29, 0.717) is 17.9 Å². The quantitative estimate of drug-likeness (QED) is 0.829. The number of Topliss-reactive ketones (excluding diaryl/α,β-unsaturated/α-hetero) is 1. The molecule has 0 saturated heterocycles. The summed E-state index contributed by atoms with van der Waals surface area (Å²) in [5.41, 5.74) is 0.135. The minimum absolute atomic E-state index is 0.0728. The molecule has 3 rings (SSSR count). The maximum absolute atomic E-state index is 12.8. The third-order valence-electron chi connectivity index (χ3n) is 4.51. The second kappa shape index (κ2) is 5.76. The highest BCUT2D eigenvalue weighted by atomic mass is 35.5. The van der Waals surface area contributed by atoms with Crippen LogP contribution >= 0.6 is 11.6 Å². The molecule has 0 atom stereocenters. The molecule has 1 saturated carbocycles. The molecule has 0 amide bonds. The van der Waals surface area contributed by atoms with Gasteiger partial charge in [-0.15, -0.1) is 0 Å². The van der Waals surface area contributed by atoms with E-state index in [0.717, 1.165) is 12.0 Å². The van der Waals surface area contributed by atoms with Crippen LogP contribution in [-0.2, 0) is 27.1 Å². The summed E-state index contributed by atoms with van der Waals surface area (Å²) < 4.78 is 26.4. The van der Waals surface area contributed by atoms with Crippen LogP contribution in [0.4, 0.5) is 0 Å². The Balaban J connectivity index is 1.90. The van der Waals surface area contributed by atoms with Gasteiger partial charge in [0.15, 0.2) is 5.78 Å². The maximum Gasteiger partial charge on any atom is 0.227 e. The minimum atomic E-state index is -3.75. The molecule has 2 aromatic rings. The largest absolute Gasteiger partial charge is 0.325 e. The number of carbonyl (C=O) groups excluding carboxylic acids is 1. The van der Waals surface area contributed by atoms with Crippen LogP contribution in [0.1, 0.15) is 24.8 Å². The molecule has 1 aliphatic rings. The van der Waals surface area contributed by atoms with Gasteiger partial charge in [-0.3, -0.25) is 4.79 Å². The second-order valence-corrected chi connectivity index (χ2v) is 8.27. The van der Waals surface area contributed by atoms with Crippen LogP contribution in [0.25, 0.3) is 0 Å². The van der Waals surface area contributed by atoms with Crippen LogP contribution in [0.15, 0.2) is 41.8 Å². The number of benzene rings is 1. The van der Waals surface area contributed by atoms with Crippen LogP contribution in [0.2, 0.25) is 5.02 Å². The average molecular weight is 353 g/mol. The molecule has 5 nitrogen and oxygen atoms in total. The Bertz CT molecular complexity index is 836. The molecule has 122 valence electrons. The van der Waals surface area contributed by atoms with Gasteiger partial charge in [-0.05, 0) is 30.5 Å². The highest BCUT2D eigenvalue weighted by Gasteiger charge is 2.46. The van der Waals surface area contributed by atoms with Gasteiger partial charge in [0.1, 0.15) is 5.75 Å². The fraction of sp³-hybridized carbons (Fsp3) is 0.375. The van der Waals surface area contributed by atoms with Gasteiger partial charge in [0.2, 0.25) is 15.0 Å². The number of hydrogen-bond donors (Lipinski definition) is 0. The molecule has 1 aromatic heterocycles. The smallest absolute Gasteiger partial charge is 0.227 e. The first-order chi connectivity index (χ1) is 10.8. The zero-order chi connectivity index (χ0) is 16.7. The van der Waals surface area contributed by atoms with Crippen molar-refractivity contribution >= 4 is 27.2 Å². The highest BCUT2D eigenvalue weighted by molar-refractivity contribution is 7.92. The molecule has 23 heavy (non-hydrogen) atoms. The average Bonchev–Trinajstić information content (AvgIpc) is 2.86. The van der Waals surface area contributed by atoms with Gasteiger partial charge < -0.3 is 4.57 Å². The van der Waals surface area contributed by atoms with E-state index in [4.69, 9.17) is 11.6 Å². The zero-order valence-corrected chi connectivity index (χ0v) is 14.3. The normalized spacial score (nSPS) is 16.8. The lowest BCUT2D eigenvalue weighted by Crippen LogP contribution is -2.45. The summed E-state index contributed by atoms with van der Waals surface area (Å²) in [6.45, 7) is 0. The van der Waals surface area contributed by atoms with E-state index < -0.39 is 21.0 Å². The van der Waals surface area contributed by atoms with Crippen molar-refractivity contribution in [1.29, 1.82) is 0 Å². The first kappa shape index (κ1) is 16.2. The van der Waals surface area contributed by atoms with Crippen LogP contribution < -0.4 is 0 Å². The van der Waals surface area contributed by atoms with Crippen LogP contribution in [0.5, 0.6) is 0 Å². The Labute approximate surface area is 140 Å². The number of sulfone groups is 1. The molecule has 1 aromatic carbocycles. The Morgan fingerprint density at radius 2 is 1.96 bits per heavy atom. The molecule has 7 heteroatoms. The SMILES string of the molecule is Cn1ccnc1S(=O)(=O)CC(=O)C1(c2ccc(Cl)cc2)CCC1. The predicted molar refractivity (Wildman–Crippen MR) is 87.2 cm³/mol. The number of halogens is 1. The molecule has 0 N–H and O–H groups in total. The third kappa shape index (κ3) is 2.81. The van der Waals surface area contributed by atoms with Gasteiger partial charge in [0.05, 0.1) is 5.41 Å². The van der Waals surface area contributed by atoms with Gasteiger partial charge >= 0.3 is 0 Å². The van der Waals surface area contributed by atoms with Crippen molar-refractivity contribution in [2.45, 2.75) is 29.8 Å². The van der Waals surface area contributed by atoms with Crippen molar-refractivity contribution in [2.75, 3.05) is 5.75 Å². The number of nitrogens with zero attached hydrogens (tertiary/aromatic N) is 2. The number of ketones is 1. The monoisotopic (exact) mass is 352 g/mol. The van der Waals surface area contributed by atoms with Crippen molar-refractivity contribution in [3.8, 4) is 0 Å². The number of imidazole rings is 1. The molecule has 0 aliphatic heterocycles. The molecular formula is C16H17ClN2O3S. The Morgan fingerprint density at radius 1 is 1.30 bits per heavy atom. The van der Waals surface area contributed by atoms with E-state index in [2.05, 4.69) is 4.98 Å². The Kier molecular flexibility index (Phi) is 4.06. The molecule has 0 spiro atoms. The first-order valence-corrected chi connectivity index (χ1v) is 9.38. The van der Waals surface area contributed by atoms with E-state index in [1.54, 1.807) is 25.4 Å². The maximum atomic E-state index is 12.8. The van der Waals surface area contributed by atoms with Gasteiger partial charge in [-0.1, -0.05) is 30.2 Å². The Hall–Kier alpha value is -1.66. The lowest BCUT2D eigenvalue weighted by atomic mass is 9.62. The van der Waals surface area contributed by atoms with Crippen molar-refractivity contribution in [3.63, 3.8) is 0 Å². The highest BCUT2D eigenvalue weighted by Crippen LogP contribution is 2.45. The summed E-state index contributed by atoms with van der Waals surface area (Å²) in [6.07, 6.45) is 5.22. The summed E-state index contributed by atoms with van der Waals surface area (Å²) in [6, 6.07) is 7.09. The second-order valence-electron chi connectivity index (χ2n) is 5.95. The van der Waals surface area contributed by atoms with E-state index in [1.807, 2.05) is 12.1 Å². The topological polar surface area (TPSA) is 69.0 Å². The third-order valence-corrected chi connectivity index (χ3v) is 6.36. The van der Waals surface area contributed by atoms with E-state index in [9.17, 15) is 13.2 Å². The first-order valence-electron chi connectivity index (χ1n) is 7.35. The number of aryl methyl sites for hydroxylation is 1. The van der Waals surface area contributed by atoms with Crippen LogP contribution in [0.3, 0.4) is 0 Å². The standard InChI is InChI=1S/C16H17ClN2O3S/c1-19-10-9-18-15(19)23(21,22)11-14(20)16(7-2-8-16)12-3-5-13(17)6-4-12/h3-6,9-10H,2,7-8,11H2,1H3. The molecule has 0 unspecified atom stereocenters. The van der Waals surface area contributed by atoms with Crippen molar-refractivity contribution in [1.82, 2.24) is 9.55 Å². The van der Waals surface area contributed by atoms with E-state index in [1.165, 1.54) is 10.8 Å². The van der Waals surface area contributed by atoms with Crippen LogP contribution in [-0.4, -0.2) is 29.5 Å². The predicted octanol–water partition coefficient (Wildman–Crippen LogP) is 2.54. The van der Waals surface area contributed by atoms with Gasteiger partial charge in [-0.2, -0.15) is 0 Å². The lowest BCUT2D eigenvalue weighted by Gasteiger charge is -2.40. The zero-order valence-electron chi connectivity index (χ0n) is 12.7. The number of aromatic nitrogens is 2. The minimum Gasteiger partial charge on any atom is -0.325 e. The van der Waals surface area contributed by atoms with E-state index >= 15 is 0 Å². The Morgan fingerprint density at radius 3 is 2.43 bits per heavy atom. The number of hydrogen-bond acceptors (Lipinski definition) is 4. The van der Waals surface area contributed by atoms with E-state index in [-0.39, 0.29) is 10.9 Å². The molecule has 1 aliphatic carbocycles. The summed E-state index contributed by atoms with van der Waals surface area (Å²) in [5.74, 6) is -0.797. The molecule has 0 bridgehead atoms. The molecular weight excluding hydrogens is 336 g/mol. The fourth-order valence-corrected chi connectivity index (χ4v) is 4.65. The number of rotatable bonds is 5. The number of carbonyl (C=O) groups is 1. The molecule has 1 fully saturated rings. The van der Waals surface area contributed by atoms with Crippen molar-refractivity contribution in [2.24, 2.45) is 7.05 Å². The summed E-state index contributed by atoms with van der Waals surface area (Å²) in [7, 11) is -2.15. The summed E-state index contributed by atoms with van der Waals surface area (Å²) in [4.78, 5) is 16.7. The van der Waals surface area contributed by atoms with Gasteiger partial charge in [-0.25, -0.2) is 13.4 Å². The molecule has 1 heterocycles. The van der Waals surface area contributed by atoms with Crippen molar-refractivity contribution in [3.05, 3.63) is 47.2 Å².